The van der Waals surface area contributed by atoms with Crippen LogP contribution in [-0.2, 0) is 13.1 Å². The lowest BCUT2D eigenvalue weighted by atomic mass is 9.95. The lowest BCUT2D eigenvalue weighted by Crippen LogP contribution is -2.40. The molecule has 2 rings (SSSR count). The molecule has 2 N–H and O–H groups in total. The van der Waals surface area contributed by atoms with Crippen molar-refractivity contribution in [2.75, 3.05) is 6.54 Å². The molecule has 0 aliphatic carbocycles. The summed E-state index contributed by atoms with van der Waals surface area (Å²) in [5, 5.41) is 0. The van der Waals surface area contributed by atoms with Crippen molar-refractivity contribution in [3.05, 3.63) is 23.2 Å². The number of nitrogens with zero attached hydrogens (tertiary/aromatic N) is 1. The molecule has 1 fully saturated rings. The van der Waals surface area contributed by atoms with Crippen LogP contribution in [0.1, 0.15) is 43.8 Å². The smallest absolute Gasteiger partial charge is 0.118 e. The summed E-state index contributed by atoms with van der Waals surface area (Å²) in [6, 6.07) is 2.78. The van der Waals surface area contributed by atoms with Gasteiger partial charge in [-0.25, -0.2) is 0 Å². The van der Waals surface area contributed by atoms with Gasteiger partial charge in [-0.1, -0.05) is 6.92 Å². The average Bonchev–Trinajstić information content (AvgIpc) is 2.64. The summed E-state index contributed by atoms with van der Waals surface area (Å²) in [4.78, 5) is 2.52. The topological polar surface area (TPSA) is 42.4 Å². The normalized spacial score (nSPS) is 26.4. The lowest BCUT2D eigenvalue weighted by molar-refractivity contribution is 0.108. The maximum absolute atomic E-state index is 5.77. The summed E-state index contributed by atoms with van der Waals surface area (Å²) >= 11 is 0. The highest BCUT2D eigenvalue weighted by atomic mass is 16.3. The quantitative estimate of drug-likeness (QED) is 0.877. The van der Waals surface area contributed by atoms with Gasteiger partial charge in [0.15, 0.2) is 0 Å². The van der Waals surface area contributed by atoms with E-state index in [-0.39, 0.29) is 0 Å². The van der Waals surface area contributed by atoms with Crippen LogP contribution >= 0.6 is 0 Å². The highest BCUT2D eigenvalue weighted by Crippen LogP contribution is 2.24. The Balaban J connectivity index is 2.03. The number of hydrogen-bond acceptors (Lipinski definition) is 3. The zero-order chi connectivity index (χ0) is 12.4. The van der Waals surface area contributed by atoms with E-state index < -0.39 is 0 Å². The molecule has 2 unspecified atom stereocenters. The molecule has 2 heterocycles. The minimum atomic E-state index is 0.571. The SMILES string of the molecule is Cc1oc(CN2CC(C)CCC2C)cc1CN. The second-order valence-corrected chi connectivity index (χ2v) is 5.46. The molecule has 0 aromatic carbocycles. The van der Waals surface area contributed by atoms with Crippen LogP contribution in [0.3, 0.4) is 0 Å². The number of furan rings is 1. The molecule has 1 aromatic heterocycles. The van der Waals surface area contributed by atoms with Crippen LogP contribution in [0.4, 0.5) is 0 Å². The molecule has 96 valence electrons. The summed E-state index contributed by atoms with van der Waals surface area (Å²) in [7, 11) is 0. The van der Waals surface area contributed by atoms with Crippen molar-refractivity contribution in [2.24, 2.45) is 11.7 Å². The number of rotatable bonds is 3. The summed E-state index contributed by atoms with van der Waals surface area (Å²) in [5.41, 5.74) is 6.81. The van der Waals surface area contributed by atoms with E-state index in [9.17, 15) is 0 Å². The third kappa shape index (κ3) is 2.90. The van der Waals surface area contributed by atoms with Crippen LogP contribution in [-0.4, -0.2) is 17.5 Å². The minimum Gasteiger partial charge on any atom is -0.465 e. The van der Waals surface area contributed by atoms with E-state index in [1.165, 1.54) is 19.4 Å². The molecule has 3 heteroatoms. The van der Waals surface area contributed by atoms with Crippen LogP contribution in [0.15, 0.2) is 10.5 Å². The molecule has 3 nitrogen and oxygen atoms in total. The second kappa shape index (κ2) is 5.23. The van der Waals surface area contributed by atoms with Gasteiger partial charge in [-0.3, -0.25) is 4.90 Å². The monoisotopic (exact) mass is 236 g/mol. The molecule has 2 atom stereocenters. The van der Waals surface area contributed by atoms with Crippen molar-refractivity contribution in [3.63, 3.8) is 0 Å². The number of aryl methyl sites for hydroxylation is 1. The predicted molar refractivity (Wildman–Crippen MR) is 69.6 cm³/mol. The molecule has 0 spiro atoms. The largest absolute Gasteiger partial charge is 0.465 e. The summed E-state index contributed by atoms with van der Waals surface area (Å²) in [6.45, 7) is 9.31. The summed E-state index contributed by atoms with van der Waals surface area (Å²) in [6.07, 6.45) is 2.65. The average molecular weight is 236 g/mol. The van der Waals surface area contributed by atoms with E-state index in [0.29, 0.717) is 12.6 Å². The third-order valence-corrected chi connectivity index (χ3v) is 3.90. The van der Waals surface area contributed by atoms with Crippen molar-refractivity contribution < 1.29 is 4.42 Å². The zero-order valence-corrected chi connectivity index (χ0v) is 11.2. The molecule has 0 radical (unpaired) electrons. The summed E-state index contributed by atoms with van der Waals surface area (Å²) < 4.78 is 5.77. The lowest BCUT2D eigenvalue weighted by Gasteiger charge is -2.36. The van der Waals surface area contributed by atoms with Crippen molar-refractivity contribution >= 4 is 0 Å². The molecule has 1 aliphatic heterocycles. The van der Waals surface area contributed by atoms with Gasteiger partial charge in [-0.2, -0.15) is 0 Å². The maximum atomic E-state index is 5.77. The molecule has 0 bridgehead atoms. The standard InChI is InChI=1S/C14H24N2O/c1-10-4-5-11(2)16(8-10)9-14-6-13(7-15)12(3)17-14/h6,10-11H,4-5,7-9,15H2,1-3H3. The number of likely N-dealkylation sites (tertiary alicyclic amines) is 1. The van der Waals surface area contributed by atoms with Crippen molar-refractivity contribution in [2.45, 2.75) is 52.7 Å². The molecular formula is C14H24N2O. The highest BCUT2D eigenvalue weighted by Gasteiger charge is 2.23. The van der Waals surface area contributed by atoms with Gasteiger partial charge in [-0.05, 0) is 38.7 Å². The number of nitrogens with two attached hydrogens (primary N) is 1. The first kappa shape index (κ1) is 12.7. The molecule has 1 aromatic rings. The Morgan fingerprint density at radius 1 is 1.41 bits per heavy atom. The Bertz CT molecular complexity index is 372. The first-order valence-corrected chi connectivity index (χ1v) is 6.62. The molecule has 0 saturated carbocycles. The Kier molecular flexibility index (Phi) is 3.89. The van der Waals surface area contributed by atoms with E-state index in [1.807, 2.05) is 6.92 Å². The van der Waals surface area contributed by atoms with Crippen LogP contribution in [0.25, 0.3) is 0 Å². The van der Waals surface area contributed by atoms with Crippen LogP contribution in [0, 0.1) is 12.8 Å². The van der Waals surface area contributed by atoms with Gasteiger partial charge in [0.05, 0.1) is 6.54 Å². The fourth-order valence-corrected chi connectivity index (χ4v) is 2.67. The number of hydrogen-bond donors (Lipinski definition) is 1. The van der Waals surface area contributed by atoms with Crippen LogP contribution in [0.5, 0.6) is 0 Å². The fraction of sp³-hybridized carbons (Fsp3) is 0.714. The zero-order valence-electron chi connectivity index (χ0n) is 11.2. The predicted octanol–water partition coefficient (Wildman–Crippen LogP) is 2.67. The first-order valence-electron chi connectivity index (χ1n) is 6.62. The van der Waals surface area contributed by atoms with E-state index in [2.05, 4.69) is 24.8 Å². The van der Waals surface area contributed by atoms with Gasteiger partial charge >= 0.3 is 0 Å². The van der Waals surface area contributed by atoms with Gasteiger partial charge in [-0.15, -0.1) is 0 Å². The highest BCUT2D eigenvalue weighted by molar-refractivity contribution is 5.20. The van der Waals surface area contributed by atoms with E-state index >= 15 is 0 Å². The summed E-state index contributed by atoms with van der Waals surface area (Å²) in [5.74, 6) is 2.83. The van der Waals surface area contributed by atoms with Gasteiger partial charge in [0.1, 0.15) is 11.5 Å². The second-order valence-electron chi connectivity index (χ2n) is 5.46. The van der Waals surface area contributed by atoms with Crippen molar-refractivity contribution in [3.8, 4) is 0 Å². The van der Waals surface area contributed by atoms with Crippen molar-refractivity contribution in [1.29, 1.82) is 0 Å². The molecule has 0 amide bonds. The van der Waals surface area contributed by atoms with Crippen LogP contribution < -0.4 is 5.73 Å². The minimum absolute atomic E-state index is 0.571. The fourth-order valence-electron chi connectivity index (χ4n) is 2.67. The molecule has 1 saturated heterocycles. The van der Waals surface area contributed by atoms with Crippen LogP contribution in [0.2, 0.25) is 0 Å². The Labute approximate surface area is 104 Å². The first-order chi connectivity index (χ1) is 8.10. The Hall–Kier alpha value is -0.800. The number of piperidine rings is 1. The van der Waals surface area contributed by atoms with E-state index in [1.54, 1.807) is 0 Å². The Morgan fingerprint density at radius 2 is 2.18 bits per heavy atom. The van der Waals surface area contributed by atoms with Gasteiger partial charge in [0, 0.05) is 24.7 Å². The third-order valence-electron chi connectivity index (χ3n) is 3.90. The molecule has 1 aliphatic rings. The van der Waals surface area contributed by atoms with Crippen molar-refractivity contribution in [1.82, 2.24) is 4.90 Å². The maximum Gasteiger partial charge on any atom is 0.118 e. The van der Waals surface area contributed by atoms with Gasteiger partial charge < -0.3 is 10.2 Å². The van der Waals surface area contributed by atoms with Gasteiger partial charge in [0.25, 0.3) is 0 Å². The molecular weight excluding hydrogens is 212 g/mol. The van der Waals surface area contributed by atoms with Gasteiger partial charge in [0.2, 0.25) is 0 Å². The van der Waals surface area contributed by atoms with E-state index in [4.69, 9.17) is 10.2 Å². The van der Waals surface area contributed by atoms with E-state index in [0.717, 1.165) is 29.5 Å². The molecule has 17 heavy (non-hydrogen) atoms. The Morgan fingerprint density at radius 3 is 2.82 bits per heavy atom.